The van der Waals surface area contributed by atoms with Crippen molar-refractivity contribution < 1.29 is 12.8 Å². The van der Waals surface area contributed by atoms with Crippen LogP contribution >= 0.6 is 23.2 Å². The minimum absolute atomic E-state index is 0.164. The van der Waals surface area contributed by atoms with Gasteiger partial charge in [0.15, 0.2) is 5.82 Å². The lowest BCUT2D eigenvalue weighted by molar-refractivity contribution is 0.238. The summed E-state index contributed by atoms with van der Waals surface area (Å²) in [6, 6.07) is 2.39. The first-order valence-electron chi connectivity index (χ1n) is 6.59. The van der Waals surface area contributed by atoms with Crippen LogP contribution in [0.1, 0.15) is 19.8 Å². The van der Waals surface area contributed by atoms with Gasteiger partial charge in [-0.3, -0.25) is 0 Å². The van der Waals surface area contributed by atoms with Crippen LogP contribution in [-0.2, 0) is 10.0 Å². The van der Waals surface area contributed by atoms with Gasteiger partial charge in [0.2, 0.25) is 10.0 Å². The molecule has 1 aliphatic heterocycles. The van der Waals surface area contributed by atoms with Crippen LogP contribution in [0.25, 0.3) is 0 Å². The highest BCUT2D eigenvalue weighted by molar-refractivity contribution is 7.89. The standard InChI is InChI=1S/C13H17Cl2FN2O2S/c1-13(5-2-6-17-7-13)8-18-21(19,20)10-4-3-9(14)12(16)11(10)15/h3-4,17-18H,2,5-8H2,1H3. The predicted molar refractivity (Wildman–Crippen MR) is 81.8 cm³/mol. The van der Waals surface area contributed by atoms with E-state index in [1.54, 1.807) is 0 Å². The van der Waals surface area contributed by atoms with Gasteiger partial charge in [-0.15, -0.1) is 0 Å². The lowest BCUT2D eigenvalue weighted by Crippen LogP contribution is -2.45. The highest BCUT2D eigenvalue weighted by Crippen LogP contribution is 2.30. The number of nitrogens with one attached hydrogen (secondary N) is 2. The summed E-state index contributed by atoms with van der Waals surface area (Å²) in [5.41, 5.74) is -0.164. The average Bonchev–Trinajstić information content (AvgIpc) is 2.44. The number of hydrogen-bond acceptors (Lipinski definition) is 3. The SMILES string of the molecule is CC1(CNS(=O)(=O)c2ccc(Cl)c(F)c2Cl)CCCNC1. The summed E-state index contributed by atoms with van der Waals surface area (Å²) in [6.07, 6.45) is 1.92. The third-order valence-electron chi connectivity index (χ3n) is 3.66. The van der Waals surface area contributed by atoms with E-state index in [1.165, 1.54) is 12.1 Å². The minimum Gasteiger partial charge on any atom is -0.316 e. The van der Waals surface area contributed by atoms with Crippen molar-refractivity contribution in [2.24, 2.45) is 5.41 Å². The summed E-state index contributed by atoms with van der Waals surface area (Å²) in [7, 11) is -3.88. The van der Waals surface area contributed by atoms with Crippen LogP contribution in [0.15, 0.2) is 17.0 Å². The molecule has 0 radical (unpaired) electrons. The Balaban J connectivity index is 2.17. The Labute approximate surface area is 134 Å². The van der Waals surface area contributed by atoms with Crippen molar-refractivity contribution in [3.8, 4) is 0 Å². The molecule has 0 amide bonds. The van der Waals surface area contributed by atoms with Crippen LogP contribution in [0, 0.1) is 11.2 Å². The number of sulfonamides is 1. The van der Waals surface area contributed by atoms with Crippen molar-refractivity contribution in [3.05, 3.63) is 28.0 Å². The zero-order chi connectivity index (χ0) is 15.7. The molecule has 0 bridgehead atoms. The molecule has 1 heterocycles. The predicted octanol–water partition coefficient (Wildman–Crippen LogP) is 2.80. The number of piperidine rings is 1. The number of benzene rings is 1. The molecule has 8 heteroatoms. The van der Waals surface area contributed by atoms with Crippen LogP contribution in [0.3, 0.4) is 0 Å². The first-order valence-corrected chi connectivity index (χ1v) is 8.83. The smallest absolute Gasteiger partial charge is 0.242 e. The fourth-order valence-corrected chi connectivity index (χ4v) is 4.27. The number of hydrogen-bond donors (Lipinski definition) is 2. The minimum atomic E-state index is -3.88. The summed E-state index contributed by atoms with van der Waals surface area (Å²) < 4.78 is 40.7. The first kappa shape index (κ1) is 17.0. The second-order valence-corrected chi connectivity index (χ2v) is 8.11. The Morgan fingerprint density at radius 1 is 1.43 bits per heavy atom. The normalized spacial score (nSPS) is 23.2. The average molecular weight is 355 g/mol. The zero-order valence-electron chi connectivity index (χ0n) is 11.5. The van der Waals surface area contributed by atoms with Crippen LogP contribution in [0.5, 0.6) is 0 Å². The van der Waals surface area contributed by atoms with E-state index in [-0.39, 0.29) is 21.9 Å². The van der Waals surface area contributed by atoms with Crippen molar-refractivity contribution in [2.45, 2.75) is 24.7 Å². The van der Waals surface area contributed by atoms with Gasteiger partial charge in [-0.05, 0) is 36.9 Å². The monoisotopic (exact) mass is 354 g/mol. The lowest BCUT2D eigenvalue weighted by atomic mass is 9.83. The van der Waals surface area contributed by atoms with Gasteiger partial charge in [0.1, 0.15) is 4.90 Å². The van der Waals surface area contributed by atoms with E-state index in [4.69, 9.17) is 23.2 Å². The van der Waals surface area contributed by atoms with E-state index in [0.29, 0.717) is 0 Å². The van der Waals surface area contributed by atoms with Gasteiger partial charge in [0.25, 0.3) is 0 Å². The molecule has 4 nitrogen and oxygen atoms in total. The molecular weight excluding hydrogens is 338 g/mol. The second-order valence-electron chi connectivity index (χ2n) is 5.59. The number of rotatable bonds is 4. The maximum atomic E-state index is 13.6. The molecule has 21 heavy (non-hydrogen) atoms. The van der Waals surface area contributed by atoms with Gasteiger partial charge >= 0.3 is 0 Å². The summed E-state index contributed by atoms with van der Waals surface area (Å²) in [6.45, 7) is 3.95. The molecule has 118 valence electrons. The Kier molecular flexibility index (Phi) is 5.15. The Morgan fingerprint density at radius 3 is 2.76 bits per heavy atom. The van der Waals surface area contributed by atoms with E-state index in [2.05, 4.69) is 10.0 Å². The molecule has 1 aromatic carbocycles. The van der Waals surface area contributed by atoms with Crippen LogP contribution in [0.4, 0.5) is 4.39 Å². The number of halogens is 3. The Hall–Kier alpha value is -0.400. The summed E-state index contributed by atoms with van der Waals surface area (Å²) in [5.74, 6) is -0.924. The van der Waals surface area contributed by atoms with E-state index >= 15 is 0 Å². The molecule has 1 fully saturated rings. The highest BCUT2D eigenvalue weighted by atomic mass is 35.5. The van der Waals surface area contributed by atoms with Gasteiger partial charge < -0.3 is 5.32 Å². The molecule has 2 rings (SSSR count). The van der Waals surface area contributed by atoms with Crippen LogP contribution in [0.2, 0.25) is 10.0 Å². The first-order chi connectivity index (χ1) is 9.75. The molecule has 1 atom stereocenters. The Morgan fingerprint density at radius 2 is 2.14 bits per heavy atom. The Bertz CT molecular complexity index is 631. The van der Waals surface area contributed by atoms with E-state index in [1.807, 2.05) is 6.92 Å². The van der Waals surface area contributed by atoms with Crippen LogP contribution < -0.4 is 10.0 Å². The molecule has 0 saturated carbocycles. The van der Waals surface area contributed by atoms with E-state index < -0.39 is 20.9 Å². The van der Waals surface area contributed by atoms with Gasteiger partial charge in [-0.1, -0.05) is 30.1 Å². The quantitative estimate of drug-likeness (QED) is 0.817. The zero-order valence-corrected chi connectivity index (χ0v) is 13.9. The molecule has 1 aromatic rings. The molecule has 0 aliphatic carbocycles. The summed E-state index contributed by atoms with van der Waals surface area (Å²) in [4.78, 5) is -0.293. The molecule has 1 aliphatic rings. The van der Waals surface area contributed by atoms with Crippen molar-refractivity contribution in [1.29, 1.82) is 0 Å². The molecule has 1 saturated heterocycles. The van der Waals surface area contributed by atoms with E-state index in [0.717, 1.165) is 25.9 Å². The van der Waals surface area contributed by atoms with Crippen LogP contribution in [-0.4, -0.2) is 28.1 Å². The molecule has 2 N–H and O–H groups in total. The van der Waals surface area contributed by atoms with Gasteiger partial charge in [-0.2, -0.15) is 0 Å². The fraction of sp³-hybridized carbons (Fsp3) is 0.538. The van der Waals surface area contributed by atoms with Gasteiger partial charge in [0, 0.05) is 13.1 Å². The molecular formula is C13H17Cl2FN2O2S. The lowest BCUT2D eigenvalue weighted by Gasteiger charge is -2.34. The largest absolute Gasteiger partial charge is 0.316 e. The van der Waals surface area contributed by atoms with Gasteiger partial charge in [-0.25, -0.2) is 17.5 Å². The summed E-state index contributed by atoms with van der Waals surface area (Å²) >= 11 is 11.3. The van der Waals surface area contributed by atoms with Crippen molar-refractivity contribution in [1.82, 2.24) is 10.0 Å². The van der Waals surface area contributed by atoms with Gasteiger partial charge in [0.05, 0.1) is 10.0 Å². The third kappa shape index (κ3) is 3.87. The molecule has 0 spiro atoms. The summed E-state index contributed by atoms with van der Waals surface area (Å²) in [5, 5.41) is 2.55. The second kappa shape index (κ2) is 6.38. The van der Waals surface area contributed by atoms with Crippen molar-refractivity contribution in [2.75, 3.05) is 19.6 Å². The maximum Gasteiger partial charge on any atom is 0.242 e. The topological polar surface area (TPSA) is 58.2 Å². The highest BCUT2D eigenvalue weighted by Gasteiger charge is 2.30. The third-order valence-corrected chi connectivity index (χ3v) is 5.88. The molecule has 1 unspecified atom stereocenters. The van der Waals surface area contributed by atoms with E-state index in [9.17, 15) is 12.8 Å². The fourth-order valence-electron chi connectivity index (χ4n) is 2.33. The van der Waals surface area contributed by atoms with Crippen molar-refractivity contribution >= 4 is 33.2 Å². The maximum absolute atomic E-state index is 13.6. The van der Waals surface area contributed by atoms with Crippen molar-refractivity contribution in [3.63, 3.8) is 0 Å². The molecule has 0 aromatic heterocycles.